The molecular formula is C20H27FN3O6P. The molecule has 1 aromatic carbocycles. The first kappa shape index (κ1) is 24.7. The zero-order chi connectivity index (χ0) is 23.0. The van der Waals surface area contributed by atoms with E-state index in [-0.39, 0.29) is 30.1 Å². The van der Waals surface area contributed by atoms with Crippen molar-refractivity contribution in [3.8, 4) is 5.75 Å². The van der Waals surface area contributed by atoms with E-state index in [1.807, 2.05) is 6.92 Å². The molecule has 1 atom stereocenters. The van der Waals surface area contributed by atoms with Gasteiger partial charge in [0.1, 0.15) is 17.4 Å². The van der Waals surface area contributed by atoms with Crippen molar-refractivity contribution >= 4 is 19.4 Å². The molecule has 0 bridgehead atoms. The van der Waals surface area contributed by atoms with E-state index in [0.717, 1.165) is 18.9 Å². The Hall–Kier alpha value is -2.52. The first-order valence-electron chi connectivity index (χ1n) is 9.73. The van der Waals surface area contributed by atoms with Gasteiger partial charge in [0.2, 0.25) is 0 Å². The van der Waals surface area contributed by atoms with Crippen LogP contribution in [0.25, 0.3) is 0 Å². The Bertz CT molecular complexity index is 922. The number of aliphatic hydroxyl groups is 1. The van der Waals surface area contributed by atoms with Gasteiger partial charge < -0.3 is 24.5 Å². The Morgan fingerprint density at radius 2 is 2.03 bits per heavy atom. The number of aromatic nitrogens is 1. The number of amides is 2. The molecule has 9 nitrogen and oxygen atoms in total. The van der Waals surface area contributed by atoms with Crippen molar-refractivity contribution in [3.05, 3.63) is 53.5 Å². The lowest BCUT2D eigenvalue weighted by molar-refractivity contribution is 0.205. The van der Waals surface area contributed by atoms with Gasteiger partial charge >= 0.3 is 13.6 Å². The highest BCUT2D eigenvalue weighted by molar-refractivity contribution is 7.51. The van der Waals surface area contributed by atoms with Crippen molar-refractivity contribution in [2.45, 2.75) is 32.0 Å². The maximum atomic E-state index is 14.4. The minimum absolute atomic E-state index is 0.186. The summed E-state index contributed by atoms with van der Waals surface area (Å²) in [6, 6.07) is 6.42. The molecule has 1 heterocycles. The average Bonchev–Trinajstić information content (AvgIpc) is 2.73. The molecule has 0 aliphatic rings. The van der Waals surface area contributed by atoms with Crippen LogP contribution in [0.1, 0.15) is 36.7 Å². The monoisotopic (exact) mass is 455 g/mol. The molecule has 11 heteroatoms. The van der Waals surface area contributed by atoms with Gasteiger partial charge in [-0.2, -0.15) is 0 Å². The van der Waals surface area contributed by atoms with Gasteiger partial charge in [0.25, 0.3) is 0 Å². The molecule has 0 aliphatic heterocycles. The lowest BCUT2D eigenvalue weighted by atomic mass is 10.1. The normalized spacial score (nSPS) is 12.3. The maximum absolute atomic E-state index is 14.4. The van der Waals surface area contributed by atoms with E-state index in [4.69, 9.17) is 14.5 Å². The van der Waals surface area contributed by atoms with E-state index < -0.39 is 19.3 Å². The van der Waals surface area contributed by atoms with E-state index in [1.54, 1.807) is 17.0 Å². The summed E-state index contributed by atoms with van der Waals surface area (Å²) in [7, 11) is -3.28. The lowest BCUT2D eigenvalue weighted by Gasteiger charge is -2.23. The number of benzene rings is 1. The van der Waals surface area contributed by atoms with Crippen LogP contribution in [0.15, 0.2) is 36.5 Å². The third-order valence-electron chi connectivity index (χ3n) is 4.62. The molecule has 4 N–H and O–H groups in total. The predicted octanol–water partition coefficient (Wildman–Crippen LogP) is 3.27. The summed E-state index contributed by atoms with van der Waals surface area (Å²) in [6.07, 6.45) is 3.30. The second-order valence-electron chi connectivity index (χ2n) is 6.92. The number of unbranched alkanes of at least 4 members (excludes halogenated alkanes) is 1. The number of nitrogens with one attached hydrogen (secondary N) is 1. The second kappa shape index (κ2) is 11.2. The first-order valence-corrected chi connectivity index (χ1v) is 11.4. The molecule has 2 aromatic rings. The van der Waals surface area contributed by atoms with Crippen LogP contribution in [0.2, 0.25) is 0 Å². The number of hydrogen-bond acceptors (Lipinski definition) is 5. The molecule has 31 heavy (non-hydrogen) atoms. The van der Waals surface area contributed by atoms with Crippen LogP contribution in [-0.2, 0) is 11.0 Å². The highest BCUT2D eigenvalue weighted by Gasteiger charge is 2.28. The third kappa shape index (κ3) is 7.29. The van der Waals surface area contributed by atoms with Gasteiger partial charge in [-0.15, -0.1) is 0 Å². The van der Waals surface area contributed by atoms with Crippen LogP contribution < -0.4 is 10.1 Å². The number of halogens is 1. The van der Waals surface area contributed by atoms with Crippen LogP contribution in [0.5, 0.6) is 5.75 Å². The molecule has 0 spiro atoms. The van der Waals surface area contributed by atoms with Crippen LogP contribution in [-0.4, -0.2) is 51.0 Å². The summed E-state index contributed by atoms with van der Waals surface area (Å²) in [6.45, 7) is 2.68. The fourth-order valence-corrected chi connectivity index (χ4v) is 3.35. The number of carbonyl (C=O) groups is 1. The summed E-state index contributed by atoms with van der Waals surface area (Å²) < 4.78 is 30.6. The SMILES string of the molecule is CCCCN(CCc1ccc(C(O)P(=O)(O)O)cc1F)C(=O)Nc1ccc(OC)cn1. The van der Waals surface area contributed by atoms with Crippen molar-refractivity contribution in [1.82, 2.24) is 9.88 Å². The Morgan fingerprint density at radius 1 is 1.29 bits per heavy atom. The molecular weight excluding hydrogens is 428 g/mol. The zero-order valence-electron chi connectivity index (χ0n) is 17.4. The van der Waals surface area contributed by atoms with E-state index in [2.05, 4.69) is 10.3 Å². The highest BCUT2D eigenvalue weighted by atomic mass is 31.2. The number of aliphatic hydroxyl groups excluding tert-OH is 1. The van der Waals surface area contributed by atoms with E-state index in [9.17, 15) is 18.9 Å². The number of urea groups is 1. The van der Waals surface area contributed by atoms with Gasteiger partial charge in [-0.25, -0.2) is 14.2 Å². The molecule has 2 rings (SSSR count). The molecule has 170 valence electrons. The van der Waals surface area contributed by atoms with E-state index in [0.29, 0.717) is 18.1 Å². The average molecular weight is 455 g/mol. The molecule has 0 saturated heterocycles. The third-order valence-corrected chi connectivity index (χ3v) is 5.56. The fraction of sp³-hybridized carbons (Fsp3) is 0.400. The Balaban J connectivity index is 2.06. The van der Waals surface area contributed by atoms with Gasteiger partial charge in [0.05, 0.1) is 13.3 Å². The number of ether oxygens (including phenoxy) is 1. The summed E-state index contributed by atoms with van der Waals surface area (Å²) in [4.78, 5) is 36.4. The molecule has 1 aromatic heterocycles. The van der Waals surface area contributed by atoms with Crippen LogP contribution in [0, 0.1) is 5.82 Å². The zero-order valence-corrected chi connectivity index (χ0v) is 18.3. The van der Waals surface area contributed by atoms with Crippen LogP contribution in [0.3, 0.4) is 0 Å². The van der Waals surface area contributed by atoms with Crippen molar-refractivity contribution in [3.63, 3.8) is 0 Å². The van der Waals surface area contributed by atoms with Crippen molar-refractivity contribution in [1.29, 1.82) is 0 Å². The number of pyridine rings is 1. The number of carbonyl (C=O) groups excluding carboxylic acids is 1. The number of methoxy groups -OCH3 is 1. The molecule has 0 radical (unpaired) electrons. The lowest BCUT2D eigenvalue weighted by Crippen LogP contribution is -2.37. The fourth-order valence-electron chi connectivity index (χ4n) is 2.80. The topological polar surface area (TPSA) is 132 Å². The van der Waals surface area contributed by atoms with Gasteiger partial charge in [-0.3, -0.25) is 9.88 Å². The van der Waals surface area contributed by atoms with Crippen molar-refractivity contribution in [2.24, 2.45) is 0 Å². The van der Waals surface area contributed by atoms with Crippen molar-refractivity contribution in [2.75, 3.05) is 25.5 Å². The van der Waals surface area contributed by atoms with E-state index in [1.165, 1.54) is 25.4 Å². The maximum Gasteiger partial charge on any atom is 0.358 e. The second-order valence-corrected chi connectivity index (χ2v) is 8.58. The molecule has 1 unspecified atom stereocenters. The quantitative estimate of drug-likeness (QED) is 0.404. The molecule has 0 aliphatic carbocycles. The minimum Gasteiger partial charge on any atom is -0.495 e. The molecule has 0 saturated carbocycles. The summed E-state index contributed by atoms with van der Waals surface area (Å²) in [5.41, 5.74) is 0.0549. The Kier molecular flexibility index (Phi) is 8.94. The van der Waals surface area contributed by atoms with Gasteiger partial charge in [0.15, 0.2) is 5.85 Å². The largest absolute Gasteiger partial charge is 0.495 e. The Morgan fingerprint density at radius 3 is 2.58 bits per heavy atom. The Labute approximate surface area is 180 Å². The van der Waals surface area contributed by atoms with Gasteiger partial charge in [-0.1, -0.05) is 25.5 Å². The van der Waals surface area contributed by atoms with Crippen LogP contribution >= 0.6 is 7.60 Å². The summed E-state index contributed by atoms with van der Waals surface area (Å²) in [5.74, 6) is -1.88. The predicted molar refractivity (Wildman–Crippen MR) is 113 cm³/mol. The summed E-state index contributed by atoms with van der Waals surface area (Å²) >= 11 is 0. The number of rotatable bonds is 10. The van der Waals surface area contributed by atoms with E-state index >= 15 is 0 Å². The molecule has 2 amide bonds. The minimum atomic E-state index is -4.80. The molecule has 0 fully saturated rings. The summed E-state index contributed by atoms with van der Waals surface area (Å²) in [5, 5.41) is 12.3. The first-order chi connectivity index (χ1) is 14.7. The standard InChI is InChI=1S/C20H27FN3O6P/c1-3-4-10-24(20(26)23-18-8-7-16(30-2)13-22-18)11-9-14-5-6-15(12-17(14)21)19(25)31(27,28)29/h5-8,12-13,19,25H,3-4,9-11H2,1-2H3,(H,22,23,26)(H2,27,28,29). The number of nitrogens with zero attached hydrogens (tertiary/aromatic N) is 2. The number of hydrogen-bond donors (Lipinski definition) is 4. The highest BCUT2D eigenvalue weighted by Crippen LogP contribution is 2.49. The smallest absolute Gasteiger partial charge is 0.358 e. The number of anilines is 1. The van der Waals surface area contributed by atoms with Crippen molar-refractivity contribution < 1.29 is 33.4 Å². The van der Waals surface area contributed by atoms with Gasteiger partial charge in [0, 0.05) is 13.1 Å². The van der Waals surface area contributed by atoms with Crippen LogP contribution in [0.4, 0.5) is 15.0 Å². The van der Waals surface area contributed by atoms with Gasteiger partial charge in [-0.05, 0) is 42.2 Å².